The molecule has 1 aromatic rings. The second-order valence-corrected chi connectivity index (χ2v) is 7.52. The van der Waals surface area contributed by atoms with E-state index in [1.807, 2.05) is 19.9 Å². The Hall–Kier alpha value is -0.950. The van der Waals surface area contributed by atoms with Crippen LogP contribution in [0, 0.1) is 13.8 Å². The smallest absolute Gasteiger partial charge is 0.243 e. The molecule has 1 fully saturated rings. The molecule has 2 rings (SSSR count). The Morgan fingerprint density at radius 2 is 2.05 bits per heavy atom. The number of nitrogens with two attached hydrogens (primary N) is 1. The molecule has 1 aliphatic heterocycles. The van der Waals surface area contributed by atoms with E-state index in [-0.39, 0.29) is 12.1 Å². The average Bonchev–Trinajstić information content (AvgIpc) is 2.49. The molecule has 2 unspecified atom stereocenters. The highest BCUT2D eigenvalue weighted by Gasteiger charge is 2.36. The lowest BCUT2D eigenvalue weighted by atomic mass is 10.0. The van der Waals surface area contributed by atoms with Crippen molar-refractivity contribution in [3.8, 4) is 0 Å². The SMILES string of the molecule is COC1CCN(S(=O)(=O)c2ccc(C)c(C)c2)C(CN)C1. The molecule has 1 saturated heterocycles. The summed E-state index contributed by atoms with van der Waals surface area (Å²) < 4.78 is 32.6. The molecule has 0 saturated carbocycles. The van der Waals surface area contributed by atoms with E-state index in [4.69, 9.17) is 10.5 Å². The summed E-state index contributed by atoms with van der Waals surface area (Å²) in [4.78, 5) is 0.347. The molecule has 21 heavy (non-hydrogen) atoms. The largest absolute Gasteiger partial charge is 0.381 e. The maximum absolute atomic E-state index is 12.8. The van der Waals surface area contributed by atoms with Crippen molar-refractivity contribution in [3.05, 3.63) is 29.3 Å². The molecule has 1 aliphatic rings. The predicted octanol–water partition coefficient (Wildman–Crippen LogP) is 1.43. The maximum atomic E-state index is 12.8. The second-order valence-electron chi connectivity index (χ2n) is 5.63. The number of benzene rings is 1. The molecule has 0 spiro atoms. The Morgan fingerprint density at radius 1 is 1.33 bits per heavy atom. The fourth-order valence-corrected chi connectivity index (χ4v) is 4.49. The van der Waals surface area contributed by atoms with Crippen molar-refractivity contribution < 1.29 is 13.2 Å². The van der Waals surface area contributed by atoms with Crippen molar-refractivity contribution in [1.82, 2.24) is 4.31 Å². The maximum Gasteiger partial charge on any atom is 0.243 e. The van der Waals surface area contributed by atoms with E-state index in [1.54, 1.807) is 19.2 Å². The van der Waals surface area contributed by atoms with Crippen LogP contribution in [0.4, 0.5) is 0 Å². The minimum absolute atomic E-state index is 0.0877. The van der Waals surface area contributed by atoms with Crippen molar-refractivity contribution in [3.63, 3.8) is 0 Å². The third-order valence-electron chi connectivity index (χ3n) is 4.30. The van der Waals surface area contributed by atoms with Gasteiger partial charge in [-0.2, -0.15) is 4.31 Å². The number of sulfonamides is 1. The van der Waals surface area contributed by atoms with Gasteiger partial charge >= 0.3 is 0 Å². The number of hydrogen-bond donors (Lipinski definition) is 1. The molecule has 1 aromatic carbocycles. The summed E-state index contributed by atoms with van der Waals surface area (Å²) in [6, 6.07) is 5.06. The summed E-state index contributed by atoms with van der Waals surface area (Å²) in [7, 11) is -1.84. The number of hydrogen-bond acceptors (Lipinski definition) is 4. The molecule has 0 amide bonds. The number of nitrogens with zero attached hydrogens (tertiary/aromatic N) is 1. The first-order valence-corrected chi connectivity index (χ1v) is 8.66. The zero-order chi connectivity index (χ0) is 15.6. The van der Waals surface area contributed by atoms with Crippen molar-refractivity contribution in [2.75, 3.05) is 20.2 Å². The first kappa shape index (κ1) is 16.4. The average molecular weight is 312 g/mol. The van der Waals surface area contributed by atoms with Crippen LogP contribution in [0.15, 0.2) is 23.1 Å². The first-order valence-electron chi connectivity index (χ1n) is 7.22. The summed E-state index contributed by atoms with van der Waals surface area (Å²) >= 11 is 0. The van der Waals surface area contributed by atoms with Gasteiger partial charge in [0.25, 0.3) is 0 Å². The topological polar surface area (TPSA) is 72.6 Å². The minimum atomic E-state index is -3.50. The normalized spacial score (nSPS) is 24.2. The van der Waals surface area contributed by atoms with Gasteiger partial charge in [0.05, 0.1) is 11.0 Å². The molecule has 0 bridgehead atoms. The third kappa shape index (κ3) is 3.29. The minimum Gasteiger partial charge on any atom is -0.381 e. The van der Waals surface area contributed by atoms with Gasteiger partial charge in [-0.15, -0.1) is 0 Å². The molecule has 2 atom stereocenters. The molecule has 0 radical (unpaired) electrons. The predicted molar refractivity (Wildman–Crippen MR) is 82.7 cm³/mol. The first-order chi connectivity index (χ1) is 9.90. The Balaban J connectivity index is 2.31. The van der Waals surface area contributed by atoms with Gasteiger partial charge in [-0.1, -0.05) is 6.07 Å². The van der Waals surface area contributed by atoms with Crippen molar-refractivity contribution >= 4 is 10.0 Å². The molecule has 0 aromatic heterocycles. The Morgan fingerprint density at radius 3 is 2.62 bits per heavy atom. The van der Waals surface area contributed by atoms with Crippen LogP contribution in [-0.4, -0.2) is 45.1 Å². The van der Waals surface area contributed by atoms with Crippen molar-refractivity contribution in [2.45, 2.75) is 43.7 Å². The fraction of sp³-hybridized carbons (Fsp3) is 0.600. The summed E-state index contributed by atoms with van der Waals surface area (Å²) in [5.74, 6) is 0. The van der Waals surface area contributed by atoms with Crippen LogP contribution < -0.4 is 5.73 Å². The van der Waals surface area contributed by atoms with E-state index in [9.17, 15) is 8.42 Å². The van der Waals surface area contributed by atoms with E-state index in [1.165, 1.54) is 4.31 Å². The summed E-state index contributed by atoms with van der Waals surface area (Å²) in [5.41, 5.74) is 7.84. The molecule has 118 valence electrons. The molecule has 5 nitrogen and oxygen atoms in total. The monoisotopic (exact) mass is 312 g/mol. The zero-order valence-electron chi connectivity index (χ0n) is 12.9. The Labute approximate surface area is 127 Å². The lowest BCUT2D eigenvalue weighted by Gasteiger charge is -2.37. The highest BCUT2D eigenvalue weighted by molar-refractivity contribution is 7.89. The molecule has 6 heteroatoms. The number of methoxy groups -OCH3 is 1. The lowest BCUT2D eigenvalue weighted by Crippen LogP contribution is -2.51. The second kappa shape index (κ2) is 6.44. The van der Waals surface area contributed by atoms with Crippen LogP contribution in [0.1, 0.15) is 24.0 Å². The van der Waals surface area contributed by atoms with Crippen LogP contribution in [0.3, 0.4) is 0 Å². The number of ether oxygens (including phenoxy) is 1. The summed E-state index contributed by atoms with van der Waals surface area (Å²) in [6.07, 6.45) is 1.44. The van der Waals surface area contributed by atoms with Gasteiger partial charge in [-0.25, -0.2) is 8.42 Å². The lowest BCUT2D eigenvalue weighted by molar-refractivity contribution is 0.0401. The van der Waals surface area contributed by atoms with Crippen molar-refractivity contribution in [1.29, 1.82) is 0 Å². The van der Waals surface area contributed by atoms with Crippen LogP contribution in [-0.2, 0) is 14.8 Å². The highest BCUT2D eigenvalue weighted by atomic mass is 32.2. The molecular weight excluding hydrogens is 288 g/mol. The third-order valence-corrected chi connectivity index (χ3v) is 6.25. The standard InChI is InChI=1S/C15H24N2O3S/c1-11-4-5-15(8-12(11)2)21(18,19)17-7-6-14(20-3)9-13(17)10-16/h4-5,8,13-14H,6-7,9-10,16H2,1-3H3. The highest BCUT2D eigenvalue weighted by Crippen LogP contribution is 2.27. The van der Waals surface area contributed by atoms with Crippen LogP contribution in [0.2, 0.25) is 0 Å². The van der Waals surface area contributed by atoms with Gasteiger partial charge in [-0.3, -0.25) is 0 Å². The molecule has 0 aliphatic carbocycles. The number of aryl methyl sites for hydroxylation is 2. The summed E-state index contributed by atoms with van der Waals surface area (Å²) in [5, 5.41) is 0. The number of rotatable bonds is 4. The van der Waals surface area contributed by atoms with E-state index in [2.05, 4.69) is 0 Å². The zero-order valence-corrected chi connectivity index (χ0v) is 13.7. The van der Waals surface area contributed by atoms with Gasteiger partial charge in [0, 0.05) is 26.2 Å². The van der Waals surface area contributed by atoms with Gasteiger partial charge in [-0.05, 0) is 49.9 Å². The van der Waals surface area contributed by atoms with Gasteiger partial charge in [0.2, 0.25) is 10.0 Å². The van der Waals surface area contributed by atoms with Crippen LogP contribution in [0.5, 0.6) is 0 Å². The van der Waals surface area contributed by atoms with E-state index < -0.39 is 10.0 Å². The van der Waals surface area contributed by atoms with E-state index in [0.717, 1.165) is 11.1 Å². The molecular formula is C15H24N2O3S. The summed E-state index contributed by atoms with van der Waals surface area (Å²) in [6.45, 7) is 4.66. The number of piperidine rings is 1. The Bertz CT molecular complexity index is 601. The quantitative estimate of drug-likeness (QED) is 0.913. The van der Waals surface area contributed by atoms with Crippen molar-refractivity contribution in [2.24, 2.45) is 5.73 Å². The van der Waals surface area contributed by atoms with Crippen LogP contribution in [0.25, 0.3) is 0 Å². The molecule has 2 N–H and O–H groups in total. The van der Waals surface area contributed by atoms with E-state index in [0.29, 0.717) is 30.8 Å². The van der Waals surface area contributed by atoms with Gasteiger partial charge < -0.3 is 10.5 Å². The van der Waals surface area contributed by atoms with Gasteiger partial charge in [0.1, 0.15) is 0 Å². The van der Waals surface area contributed by atoms with Crippen LogP contribution >= 0.6 is 0 Å². The van der Waals surface area contributed by atoms with E-state index >= 15 is 0 Å². The molecule has 1 heterocycles. The fourth-order valence-electron chi connectivity index (χ4n) is 2.75. The van der Waals surface area contributed by atoms with Gasteiger partial charge in [0.15, 0.2) is 0 Å². The Kier molecular flexibility index (Phi) is 5.03.